The molecule has 186 valence electrons. The predicted octanol–water partition coefficient (Wildman–Crippen LogP) is 5.71. The number of ether oxygens (including phenoxy) is 1. The fourth-order valence-electron chi connectivity index (χ4n) is 4.69. The van der Waals surface area contributed by atoms with Gasteiger partial charge in [-0.2, -0.15) is 0 Å². The van der Waals surface area contributed by atoms with E-state index in [1.54, 1.807) is 50.2 Å². The van der Waals surface area contributed by atoms with Crippen LogP contribution in [0.4, 0.5) is 23.7 Å². The number of nitrogens with one attached hydrogen (secondary N) is 1. The number of amides is 2. The van der Waals surface area contributed by atoms with Crippen LogP contribution in [0.25, 0.3) is 10.9 Å². The maximum absolute atomic E-state index is 14.7. The number of hydrogen-bond donors (Lipinski definition) is 1. The molecule has 2 amide bonds. The Morgan fingerprint density at radius 1 is 1.20 bits per heavy atom. The van der Waals surface area contributed by atoms with E-state index < -0.39 is 29.4 Å². The van der Waals surface area contributed by atoms with Gasteiger partial charge in [0.2, 0.25) is 0 Å². The number of anilines is 1. The number of likely N-dealkylation sites (tertiary alicyclic amines) is 1. The molecule has 6 nitrogen and oxygen atoms in total. The average Bonchev–Trinajstić information content (AvgIpc) is 3.29. The Bertz CT molecular complexity index is 1240. The number of rotatable bonds is 6. The summed E-state index contributed by atoms with van der Waals surface area (Å²) in [6.07, 6.45) is -0.607. The smallest absolute Gasteiger partial charge is 0.319 e. The van der Waals surface area contributed by atoms with Crippen molar-refractivity contribution in [2.24, 2.45) is 0 Å². The van der Waals surface area contributed by atoms with Gasteiger partial charge in [0, 0.05) is 57.0 Å². The Kier molecular flexibility index (Phi) is 6.89. The summed E-state index contributed by atoms with van der Waals surface area (Å²) in [7, 11) is 5.07. The number of benzene rings is 2. The summed E-state index contributed by atoms with van der Waals surface area (Å²) in [5.41, 5.74) is 1.19. The van der Waals surface area contributed by atoms with Crippen LogP contribution in [0.2, 0.25) is 0 Å². The molecule has 2 atom stereocenters. The van der Waals surface area contributed by atoms with Crippen molar-refractivity contribution in [1.29, 1.82) is 0 Å². The molecule has 0 saturated carbocycles. The first-order valence-electron chi connectivity index (χ1n) is 11.4. The van der Waals surface area contributed by atoms with Crippen molar-refractivity contribution >= 4 is 22.6 Å². The molecule has 1 aromatic heterocycles. The van der Waals surface area contributed by atoms with Gasteiger partial charge in [-0.3, -0.25) is 4.98 Å². The highest BCUT2D eigenvalue weighted by atomic mass is 19.3. The van der Waals surface area contributed by atoms with Gasteiger partial charge in [0.05, 0.1) is 23.7 Å². The van der Waals surface area contributed by atoms with Crippen molar-refractivity contribution < 1.29 is 22.7 Å². The quantitative estimate of drug-likeness (QED) is 0.485. The topological polar surface area (TPSA) is 57.7 Å². The number of carbonyl (C=O) groups is 1. The Balaban J connectivity index is 1.68. The summed E-state index contributed by atoms with van der Waals surface area (Å²) in [4.78, 5) is 20.2. The normalized spacial score (nSPS) is 18.8. The standard InChI is InChI=1S/C26H29F3N4O2/c1-16(18-6-5-7-19(23(18)27)24(28)29)31-22-10-12-30-21-9-8-17(14-20(21)22)26(35-4)11-13-33(15-26)25(34)32(2)3/h5-10,12,14,16,24H,11,13,15H2,1-4H3,(H,30,31)/t16-,26+/m1/s1. The van der Waals surface area contributed by atoms with E-state index >= 15 is 0 Å². The first kappa shape index (κ1) is 24.8. The monoisotopic (exact) mass is 486 g/mol. The Morgan fingerprint density at radius 2 is 1.94 bits per heavy atom. The van der Waals surface area contributed by atoms with Crippen LogP contribution in [0, 0.1) is 5.82 Å². The number of alkyl halides is 2. The molecule has 1 fully saturated rings. The van der Waals surface area contributed by atoms with Crippen LogP contribution in [0.15, 0.2) is 48.7 Å². The lowest BCUT2D eigenvalue weighted by Gasteiger charge is -2.30. The van der Waals surface area contributed by atoms with Crippen LogP contribution in [0.1, 0.15) is 42.5 Å². The Labute approximate surface area is 202 Å². The van der Waals surface area contributed by atoms with E-state index in [4.69, 9.17) is 4.74 Å². The third-order valence-corrected chi connectivity index (χ3v) is 6.68. The highest BCUT2D eigenvalue weighted by Gasteiger charge is 2.42. The molecule has 0 radical (unpaired) electrons. The molecule has 1 N–H and O–H groups in total. The third kappa shape index (κ3) is 4.65. The minimum absolute atomic E-state index is 0.0735. The molecule has 9 heteroatoms. The molecule has 0 aliphatic carbocycles. The first-order chi connectivity index (χ1) is 16.7. The van der Waals surface area contributed by atoms with E-state index in [2.05, 4.69) is 10.3 Å². The summed E-state index contributed by atoms with van der Waals surface area (Å²) in [5.74, 6) is -0.906. The lowest BCUT2D eigenvalue weighted by molar-refractivity contribution is -0.00377. The summed E-state index contributed by atoms with van der Waals surface area (Å²) < 4.78 is 47.1. The van der Waals surface area contributed by atoms with Gasteiger partial charge < -0.3 is 19.9 Å². The molecular formula is C26H29F3N4O2. The van der Waals surface area contributed by atoms with Gasteiger partial charge in [-0.1, -0.05) is 24.3 Å². The summed E-state index contributed by atoms with van der Waals surface area (Å²) >= 11 is 0. The van der Waals surface area contributed by atoms with Crippen molar-refractivity contribution in [1.82, 2.24) is 14.8 Å². The summed E-state index contributed by atoms with van der Waals surface area (Å²) in [6, 6.07) is 11.0. The van der Waals surface area contributed by atoms with E-state index in [0.29, 0.717) is 25.2 Å². The maximum Gasteiger partial charge on any atom is 0.319 e. The molecule has 35 heavy (non-hydrogen) atoms. The maximum atomic E-state index is 14.7. The second-order valence-electron chi connectivity index (χ2n) is 9.05. The van der Waals surface area contributed by atoms with Crippen molar-refractivity contribution in [3.63, 3.8) is 0 Å². The van der Waals surface area contributed by atoms with E-state index in [9.17, 15) is 18.0 Å². The van der Waals surface area contributed by atoms with Gasteiger partial charge in [0.25, 0.3) is 6.43 Å². The molecule has 1 aliphatic rings. The molecule has 1 saturated heterocycles. The van der Waals surface area contributed by atoms with Crippen LogP contribution in [-0.2, 0) is 10.3 Å². The number of pyridine rings is 1. The zero-order chi connectivity index (χ0) is 25.3. The fraction of sp³-hybridized carbons (Fsp3) is 0.385. The van der Waals surface area contributed by atoms with Crippen LogP contribution < -0.4 is 5.32 Å². The number of urea groups is 1. The van der Waals surface area contributed by atoms with Gasteiger partial charge >= 0.3 is 6.03 Å². The van der Waals surface area contributed by atoms with Gasteiger partial charge in [0.15, 0.2) is 0 Å². The van der Waals surface area contributed by atoms with Gasteiger partial charge in [-0.05, 0) is 30.7 Å². The zero-order valence-electron chi connectivity index (χ0n) is 20.2. The van der Waals surface area contributed by atoms with Gasteiger partial charge in [-0.15, -0.1) is 0 Å². The fourth-order valence-corrected chi connectivity index (χ4v) is 4.69. The van der Waals surface area contributed by atoms with Crippen LogP contribution in [0.3, 0.4) is 0 Å². The molecule has 0 unspecified atom stereocenters. The highest BCUT2D eigenvalue weighted by molar-refractivity contribution is 5.92. The minimum atomic E-state index is -2.89. The molecule has 1 aliphatic heterocycles. The first-order valence-corrected chi connectivity index (χ1v) is 11.4. The number of halogens is 3. The predicted molar refractivity (Wildman–Crippen MR) is 129 cm³/mol. The van der Waals surface area contributed by atoms with E-state index in [0.717, 1.165) is 22.5 Å². The van der Waals surface area contributed by atoms with E-state index in [1.165, 1.54) is 12.1 Å². The van der Waals surface area contributed by atoms with E-state index in [1.807, 2.05) is 18.2 Å². The molecule has 0 spiro atoms. The van der Waals surface area contributed by atoms with Crippen molar-refractivity contribution in [3.05, 3.63) is 71.2 Å². The molecular weight excluding hydrogens is 457 g/mol. The Morgan fingerprint density at radius 3 is 2.63 bits per heavy atom. The molecule has 2 aromatic carbocycles. The van der Waals surface area contributed by atoms with Crippen molar-refractivity contribution in [2.45, 2.75) is 31.4 Å². The van der Waals surface area contributed by atoms with Crippen LogP contribution in [-0.4, -0.2) is 55.1 Å². The average molecular weight is 487 g/mol. The SMILES string of the molecule is CO[C@@]1(c2ccc3nccc(N[C@H](C)c4cccc(C(F)F)c4F)c3c2)CCN(C(=O)N(C)C)C1. The minimum Gasteiger partial charge on any atom is -0.378 e. The highest BCUT2D eigenvalue weighted by Crippen LogP contribution is 2.38. The van der Waals surface area contributed by atoms with Gasteiger partial charge in [0.1, 0.15) is 11.4 Å². The van der Waals surface area contributed by atoms with Crippen LogP contribution >= 0.6 is 0 Å². The van der Waals surface area contributed by atoms with Crippen LogP contribution in [0.5, 0.6) is 0 Å². The number of aromatic nitrogens is 1. The number of nitrogens with zero attached hydrogens (tertiary/aromatic N) is 3. The lowest BCUT2D eigenvalue weighted by Crippen LogP contribution is -2.40. The van der Waals surface area contributed by atoms with E-state index in [-0.39, 0.29) is 11.6 Å². The molecule has 0 bridgehead atoms. The molecule has 4 rings (SSSR count). The molecule has 2 heterocycles. The number of carbonyl (C=O) groups excluding carboxylic acids is 1. The summed E-state index contributed by atoms with van der Waals surface area (Å²) in [6.45, 7) is 2.71. The number of fused-ring (bicyclic) bond motifs is 1. The van der Waals surface area contributed by atoms with Gasteiger partial charge in [-0.25, -0.2) is 18.0 Å². The Hall–Kier alpha value is -3.33. The van der Waals surface area contributed by atoms with Crippen molar-refractivity contribution in [2.75, 3.05) is 39.6 Å². The third-order valence-electron chi connectivity index (χ3n) is 6.68. The second kappa shape index (κ2) is 9.73. The second-order valence-corrected chi connectivity index (χ2v) is 9.05. The zero-order valence-corrected chi connectivity index (χ0v) is 20.2. The largest absolute Gasteiger partial charge is 0.378 e. The molecule has 3 aromatic rings. The number of methoxy groups -OCH3 is 1. The van der Waals surface area contributed by atoms with Crippen molar-refractivity contribution in [3.8, 4) is 0 Å². The summed E-state index contributed by atoms with van der Waals surface area (Å²) in [5, 5.41) is 4.05. The number of hydrogen-bond acceptors (Lipinski definition) is 4. The lowest BCUT2D eigenvalue weighted by atomic mass is 9.91.